The third kappa shape index (κ3) is 2.54. The molecule has 0 saturated heterocycles. The summed E-state index contributed by atoms with van der Waals surface area (Å²) in [5.74, 6) is 0. The standard InChI is InChI=1S/C10H17FN2/c1-4-10(11,5-2)8-13-7-9(3)6-12-13/h6-7H,4-5,8H2,1-3H3. The van der Waals surface area contributed by atoms with E-state index in [-0.39, 0.29) is 0 Å². The Labute approximate surface area is 78.8 Å². The van der Waals surface area contributed by atoms with Crippen molar-refractivity contribution in [3.8, 4) is 0 Å². The number of hydrogen-bond donors (Lipinski definition) is 0. The Kier molecular flexibility index (Phi) is 3.07. The van der Waals surface area contributed by atoms with Crippen molar-refractivity contribution in [1.82, 2.24) is 9.78 Å². The topological polar surface area (TPSA) is 17.8 Å². The first-order valence-electron chi connectivity index (χ1n) is 4.77. The molecule has 0 amide bonds. The van der Waals surface area contributed by atoms with Gasteiger partial charge in [-0.05, 0) is 25.3 Å². The molecule has 0 fully saturated rings. The van der Waals surface area contributed by atoms with Gasteiger partial charge in [0, 0.05) is 6.20 Å². The van der Waals surface area contributed by atoms with E-state index in [1.54, 1.807) is 10.9 Å². The average Bonchev–Trinajstić information content (AvgIpc) is 2.51. The van der Waals surface area contributed by atoms with Gasteiger partial charge in [0.25, 0.3) is 0 Å². The van der Waals surface area contributed by atoms with E-state index in [9.17, 15) is 4.39 Å². The normalized spacial score (nSPS) is 12.0. The second-order valence-electron chi connectivity index (χ2n) is 3.57. The molecular weight excluding hydrogens is 167 g/mol. The van der Waals surface area contributed by atoms with Gasteiger partial charge in [-0.25, -0.2) is 4.39 Å². The third-order valence-electron chi connectivity index (χ3n) is 2.47. The molecule has 0 unspecified atom stereocenters. The van der Waals surface area contributed by atoms with Crippen LogP contribution >= 0.6 is 0 Å². The molecule has 74 valence electrons. The van der Waals surface area contributed by atoms with E-state index < -0.39 is 5.67 Å². The molecule has 13 heavy (non-hydrogen) atoms. The number of aryl methyl sites for hydroxylation is 1. The Morgan fingerprint density at radius 1 is 1.46 bits per heavy atom. The minimum Gasteiger partial charge on any atom is -0.269 e. The highest BCUT2D eigenvalue weighted by Gasteiger charge is 2.25. The van der Waals surface area contributed by atoms with Crippen LogP contribution in [0.3, 0.4) is 0 Å². The molecule has 0 bridgehead atoms. The van der Waals surface area contributed by atoms with E-state index in [0.29, 0.717) is 19.4 Å². The fourth-order valence-electron chi connectivity index (χ4n) is 1.32. The second-order valence-corrected chi connectivity index (χ2v) is 3.57. The highest BCUT2D eigenvalue weighted by Crippen LogP contribution is 2.22. The number of hydrogen-bond acceptors (Lipinski definition) is 1. The highest BCUT2D eigenvalue weighted by atomic mass is 19.1. The Balaban J connectivity index is 2.67. The summed E-state index contributed by atoms with van der Waals surface area (Å²) < 4.78 is 15.6. The number of halogens is 1. The molecule has 2 nitrogen and oxygen atoms in total. The lowest BCUT2D eigenvalue weighted by atomic mass is 10.00. The zero-order chi connectivity index (χ0) is 9.90. The summed E-state index contributed by atoms with van der Waals surface area (Å²) in [6, 6.07) is 0. The number of nitrogens with zero attached hydrogens (tertiary/aromatic N) is 2. The summed E-state index contributed by atoms with van der Waals surface area (Å²) in [6.45, 7) is 6.08. The maximum absolute atomic E-state index is 13.9. The van der Waals surface area contributed by atoms with E-state index in [2.05, 4.69) is 5.10 Å². The van der Waals surface area contributed by atoms with Crippen LogP contribution in [0.4, 0.5) is 4.39 Å². The predicted octanol–water partition coefficient (Wildman–Crippen LogP) is 2.72. The Hall–Kier alpha value is -0.860. The molecule has 1 rings (SSSR count). The van der Waals surface area contributed by atoms with Crippen molar-refractivity contribution in [2.75, 3.05) is 0 Å². The van der Waals surface area contributed by atoms with Gasteiger partial charge in [0.2, 0.25) is 0 Å². The van der Waals surface area contributed by atoms with Gasteiger partial charge in [-0.3, -0.25) is 4.68 Å². The van der Waals surface area contributed by atoms with Gasteiger partial charge in [0.05, 0.1) is 12.7 Å². The van der Waals surface area contributed by atoms with Gasteiger partial charge in [0.1, 0.15) is 5.67 Å². The van der Waals surface area contributed by atoms with Crippen molar-refractivity contribution in [3.63, 3.8) is 0 Å². The molecule has 0 radical (unpaired) electrons. The van der Waals surface area contributed by atoms with E-state index in [4.69, 9.17) is 0 Å². The molecule has 1 aromatic rings. The summed E-state index contributed by atoms with van der Waals surface area (Å²) in [6.07, 6.45) is 4.72. The SMILES string of the molecule is CCC(F)(CC)Cn1cc(C)cn1. The maximum atomic E-state index is 13.9. The van der Waals surface area contributed by atoms with E-state index in [1.807, 2.05) is 27.0 Å². The molecule has 3 heteroatoms. The second kappa shape index (κ2) is 3.90. The average molecular weight is 184 g/mol. The van der Waals surface area contributed by atoms with Gasteiger partial charge in [-0.1, -0.05) is 13.8 Å². The molecule has 0 aliphatic rings. The lowest BCUT2D eigenvalue weighted by Gasteiger charge is -2.21. The van der Waals surface area contributed by atoms with Crippen molar-refractivity contribution in [2.45, 2.75) is 45.8 Å². The number of alkyl halides is 1. The largest absolute Gasteiger partial charge is 0.269 e. The van der Waals surface area contributed by atoms with Crippen LogP contribution in [0.2, 0.25) is 0 Å². The zero-order valence-corrected chi connectivity index (χ0v) is 8.55. The van der Waals surface area contributed by atoms with Crippen LogP contribution in [-0.4, -0.2) is 15.4 Å². The molecular formula is C10H17FN2. The quantitative estimate of drug-likeness (QED) is 0.703. The van der Waals surface area contributed by atoms with E-state index in [1.165, 1.54) is 0 Å². The predicted molar refractivity (Wildman–Crippen MR) is 51.4 cm³/mol. The number of aromatic nitrogens is 2. The summed E-state index contributed by atoms with van der Waals surface area (Å²) in [5, 5.41) is 4.07. The fraction of sp³-hybridized carbons (Fsp3) is 0.700. The van der Waals surface area contributed by atoms with Crippen LogP contribution in [0.5, 0.6) is 0 Å². The summed E-state index contributed by atoms with van der Waals surface area (Å²) in [4.78, 5) is 0. The first kappa shape index (κ1) is 10.2. The summed E-state index contributed by atoms with van der Waals surface area (Å²) in [7, 11) is 0. The van der Waals surface area contributed by atoms with Crippen molar-refractivity contribution in [3.05, 3.63) is 18.0 Å². The van der Waals surface area contributed by atoms with Crippen molar-refractivity contribution in [1.29, 1.82) is 0 Å². The maximum Gasteiger partial charge on any atom is 0.130 e. The first-order chi connectivity index (χ1) is 6.09. The van der Waals surface area contributed by atoms with Crippen molar-refractivity contribution < 1.29 is 4.39 Å². The van der Waals surface area contributed by atoms with Gasteiger partial charge >= 0.3 is 0 Å². The summed E-state index contributed by atoms with van der Waals surface area (Å²) >= 11 is 0. The molecule has 0 aromatic carbocycles. The first-order valence-corrected chi connectivity index (χ1v) is 4.77. The lowest BCUT2D eigenvalue weighted by Crippen LogP contribution is -2.27. The van der Waals surface area contributed by atoms with Gasteiger partial charge in [-0.2, -0.15) is 5.10 Å². The number of rotatable bonds is 4. The molecule has 0 aliphatic carbocycles. The highest BCUT2D eigenvalue weighted by molar-refractivity contribution is 5.00. The van der Waals surface area contributed by atoms with Crippen LogP contribution < -0.4 is 0 Å². The Morgan fingerprint density at radius 3 is 2.46 bits per heavy atom. The Bertz CT molecular complexity index is 264. The lowest BCUT2D eigenvalue weighted by molar-refractivity contribution is 0.120. The molecule has 0 saturated carbocycles. The zero-order valence-electron chi connectivity index (χ0n) is 8.55. The van der Waals surface area contributed by atoms with Crippen LogP contribution in [0.25, 0.3) is 0 Å². The molecule has 0 aliphatic heterocycles. The van der Waals surface area contributed by atoms with Gasteiger partial charge in [-0.15, -0.1) is 0 Å². The van der Waals surface area contributed by atoms with Crippen LogP contribution in [0, 0.1) is 6.92 Å². The summed E-state index contributed by atoms with van der Waals surface area (Å²) in [5.41, 5.74) is -0.0205. The fourth-order valence-corrected chi connectivity index (χ4v) is 1.32. The van der Waals surface area contributed by atoms with E-state index >= 15 is 0 Å². The molecule has 0 atom stereocenters. The van der Waals surface area contributed by atoms with Crippen molar-refractivity contribution in [2.24, 2.45) is 0 Å². The van der Waals surface area contributed by atoms with Gasteiger partial charge < -0.3 is 0 Å². The smallest absolute Gasteiger partial charge is 0.130 e. The molecule has 0 N–H and O–H groups in total. The molecule has 1 aromatic heterocycles. The van der Waals surface area contributed by atoms with Crippen molar-refractivity contribution >= 4 is 0 Å². The monoisotopic (exact) mass is 184 g/mol. The minimum absolute atomic E-state index is 0.369. The molecule has 0 spiro atoms. The van der Waals surface area contributed by atoms with Crippen LogP contribution in [0.15, 0.2) is 12.4 Å². The molecule has 1 heterocycles. The Morgan fingerprint density at radius 2 is 2.08 bits per heavy atom. The van der Waals surface area contributed by atoms with Crippen LogP contribution in [0.1, 0.15) is 32.3 Å². The van der Waals surface area contributed by atoms with Crippen LogP contribution in [-0.2, 0) is 6.54 Å². The minimum atomic E-state index is -1.10. The van der Waals surface area contributed by atoms with Gasteiger partial charge in [0.15, 0.2) is 0 Å². The van der Waals surface area contributed by atoms with E-state index in [0.717, 1.165) is 5.56 Å². The third-order valence-corrected chi connectivity index (χ3v) is 2.47.